The second kappa shape index (κ2) is 10.9. The number of carbonyl (C=O) groups excluding carboxylic acids is 3. The molecule has 2 N–H and O–H groups in total. The van der Waals surface area contributed by atoms with Gasteiger partial charge in [0.05, 0.1) is 29.6 Å². The number of ether oxygens (including phenoxy) is 1. The number of aliphatic hydroxyl groups excluding tert-OH is 1. The molecule has 0 aromatic carbocycles. The van der Waals surface area contributed by atoms with Crippen molar-refractivity contribution in [2.24, 2.45) is 5.41 Å². The van der Waals surface area contributed by atoms with Gasteiger partial charge in [-0.3, -0.25) is 14.4 Å². The Balaban J connectivity index is 1.87. The van der Waals surface area contributed by atoms with Gasteiger partial charge in [-0.05, 0) is 76.5 Å². The van der Waals surface area contributed by atoms with Gasteiger partial charge < -0.3 is 15.2 Å². The third-order valence-electron chi connectivity index (χ3n) is 7.34. The highest BCUT2D eigenvalue weighted by Gasteiger charge is 2.52. The molecular weight excluding hydrogens is 474 g/mol. The van der Waals surface area contributed by atoms with E-state index in [9.17, 15) is 19.5 Å². The molecule has 194 valence electrons. The molecule has 3 aliphatic rings. The van der Waals surface area contributed by atoms with Gasteiger partial charge in [-0.25, -0.2) is 0 Å². The molecule has 2 saturated heterocycles. The molecule has 1 amide bonds. The monoisotopic (exact) mass is 511 g/mol. The van der Waals surface area contributed by atoms with Crippen LogP contribution in [0, 0.1) is 5.41 Å². The van der Waals surface area contributed by atoms with Crippen molar-refractivity contribution >= 4 is 29.2 Å². The lowest BCUT2D eigenvalue weighted by Gasteiger charge is -2.26. The van der Waals surface area contributed by atoms with Crippen molar-refractivity contribution in [1.29, 1.82) is 0 Å². The summed E-state index contributed by atoms with van der Waals surface area (Å²) < 4.78 is 6.05. The SMILES string of the molecule is C=C1CCC[C@@]2(C)O[C@H]2C[C@@H](/C(C)=C/C2=CSC(C)=C=C2)NC(=O)CC(=O)C(C)(C)C(=O)C(=C)[C@H]1O. The minimum absolute atomic E-state index is 0.0478. The molecule has 0 aromatic heterocycles. The van der Waals surface area contributed by atoms with Gasteiger partial charge >= 0.3 is 0 Å². The van der Waals surface area contributed by atoms with Crippen LogP contribution < -0.4 is 5.32 Å². The second-order valence-electron chi connectivity index (χ2n) is 10.7. The Morgan fingerprint density at radius 1 is 1.28 bits per heavy atom. The summed E-state index contributed by atoms with van der Waals surface area (Å²) in [5, 5.41) is 15.7. The van der Waals surface area contributed by atoms with Gasteiger partial charge in [0.1, 0.15) is 6.10 Å². The summed E-state index contributed by atoms with van der Waals surface area (Å²) in [6, 6.07) is -0.332. The fraction of sp³-hybridized carbons (Fsp3) is 0.517. The van der Waals surface area contributed by atoms with Crippen molar-refractivity contribution in [2.45, 2.75) is 90.6 Å². The lowest BCUT2D eigenvalue weighted by Crippen LogP contribution is -2.43. The quantitative estimate of drug-likeness (QED) is 0.181. The number of thioether (sulfide) groups is 1. The Labute approximate surface area is 218 Å². The lowest BCUT2D eigenvalue weighted by atomic mass is 9.77. The van der Waals surface area contributed by atoms with Crippen LogP contribution in [0.15, 0.2) is 63.6 Å². The maximum atomic E-state index is 13.1. The minimum atomic E-state index is -1.50. The number of aliphatic hydroxyl groups is 1. The molecule has 36 heavy (non-hydrogen) atoms. The molecule has 2 fully saturated rings. The zero-order valence-electron chi connectivity index (χ0n) is 21.9. The fourth-order valence-electron chi connectivity index (χ4n) is 4.54. The van der Waals surface area contributed by atoms with E-state index in [1.807, 2.05) is 38.3 Å². The van der Waals surface area contributed by atoms with E-state index in [0.717, 1.165) is 28.9 Å². The van der Waals surface area contributed by atoms with Crippen LogP contribution in [0.25, 0.3) is 0 Å². The summed E-state index contributed by atoms with van der Waals surface area (Å²) in [7, 11) is 0. The van der Waals surface area contributed by atoms with Crippen LogP contribution in [0.2, 0.25) is 0 Å². The van der Waals surface area contributed by atoms with Crippen molar-refractivity contribution in [3.05, 3.63) is 63.6 Å². The maximum absolute atomic E-state index is 13.1. The van der Waals surface area contributed by atoms with Crippen LogP contribution in [-0.2, 0) is 19.1 Å². The molecule has 0 bridgehead atoms. The summed E-state index contributed by atoms with van der Waals surface area (Å²) in [6.07, 6.45) is 4.76. The minimum Gasteiger partial charge on any atom is -0.384 e. The average Bonchev–Trinajstić information content (AvgIpc) is 3.46. The predicted octanol–water partition coefficient (Wildman–Crippen LogP) is 4.87. The van der Waals surface area contributed by atoms with Gasteiger partial charge in [0.15, 0.2) is 11.6 Å². The van der Waals surface area contributed by atoms with Crippen LogP contribution in [-0.4, -0.2) is 46.4 Å². The van der Waals surface area contributed by atoms with Crippen LogP contribution in [0.1, 0.15) is 66.7 Å². The highest BCUT2D eigenvalue weighted by atomic mass is 32.2. The van der Waals surface area contributed by atoms with Crippen molar-refractivity contribution in [3.8, 4) is 0 Å². The smallest absolute Gasteiger partial charge is 0.227 e. The normalized spacial score (nSPS) is 32.4. The first-order chi connectivity index (χ1) is 16.7. The summed E-state index contributed by atoms with van der Waals surface area (Å²) >= 11 is 1.60. The Bertz CT molecular complexity index is 1120. The van der Waals surface area contributed by atoms with Crippen LogP contribution in [0.5, 0.6) is 0 Å². The van der Waals surface area contributed by atoms with Crippen molar-refractivity contribution in [3.63, 3.8) is 0 Å². The summed E-state index contributed by atoms with van der Waals surface area (Å²) in [5.41, 5.74) is 3.70. The summed E-state index contributed by atoms with van der Waals surface area (Å²) in [6.45, 7) is 16.6. The lowest BCUT2D eigenvalue weighted by molar-refractivity contribution is -0.139. The van der Waals surface area contributed by atoms with Crippen molar-refractivity contribution in [1.82, 2.24) is 5.32 Å². The molecule has 0 saturated carbocycles. The molecule has 0 unspecified atom stereocenters. The molecule has 6 nitrogen and oxygen atoms in total. The van der Waals surface area contributed by atoms with Gasteiger partial charge in [-0.15, -0.1) is 5.73 Å². The van der Waals surface area contributed by atoms with E-state index in [4.69, 9.17) is 4.74 Å². The van der Waals surface area contributed by atoms with Crippen molar-refractivity contribution < 1.29 is 24.2 Å². The third-order valence-corrected chi connectivity index (χ3v) is 8.20. The molecule has 0 radical (unpaired) electrons. The van der Waals surface area contributed by atoms with Gasteiger partial charge in [0.25, 0.3) is 0 Å². The molecule has 0 aromatic rings. The predicted molar refractivity (Wildman–Crippen MR) is 143 cm³/mol. The number of amides is 1. The third kappa shape index (κ3) is 6.46. The highest BCUT2D eigenvalue weighted by molar-refractivity contribution is 8.05. The molecule has 4 atom stereocenters. The Morgan fingerprint density at radius 3 is 2.61 bits per heavy atom. The van der Waals surface area contributed by atoms with E-state index >= 15 is 0 Å². The van der Waals surface area contributed by atoms with E-state index in [1.165, 1.54) is 13.8 Å². The average molecular weight is 512 g/mol. The molecule has 3 aliphatic heterocycles. The second-order valence-corrected chi connectivity index (χ2v) is 11.8. The fourth-order valence-corrected chi connectivity index (χ4v) is 5.12. The van der Waals surface area contributed by atoms with Crippen LogP contribution in [0.4, 0.5) is 0 Å². The first kappa shape index (κ1) is 28.1. The highest BCUT2D eigenvalue weighted by Crippen LogP contribution is 2.44. The zero-order valence-corrected chi connectivity index (χ0v) is 22.7. The Morgan fingerprint density at radius 2 is 1.97 bits per heavy atom. The van der Waals surface area contributed by atoms with Gasteiger partial charge in [0.2, 0.25) is 5.91 Å². The van der Waals surface area contributed by atoms with E-state index in [0.29, 0.717) is 18.4 Å². The first-order valence-electron chi connectivity index (χ1n) is 12.3. The van der Waals surface area contributed by atoms with Crippen LogP contribution in [0.3, 0.4) is 0 Å². The van der Waals surface area contributed by atoms with Gasteiger partial charge in [0, 0.05) is 16.9 Å². The number of carbonyl (C=O) groups is 3. The molecule has 0 aliphatic carbocycles. The summed E-state index contributed by atoms with van der Waals surface area (Å²) in [4.78, 5) is 40.2. The van der Waals surface area contributed by atoms with E-state index in [-0.39, 0.29) is 23.3 Å². The van der Waals surface area contributed by atoms with E-state index in [1.54, 1.807) is 11.8 Å². The van der Waals surface area contributed by atoms with Gasteiger partial charge in [-0.2, -0.15) is 0 Å². The zero-order chi connectivity index (χ0) is 26.8. The Hall–Kier alpha value is -2.44. The molecule has 3 rings (SSSR count). The van der Waals surface area contributed by atoms with E-state index in [2.05, 4.69) is 24.2 Å². The number of fused-ring (bicyclic) bond motifs is 1. The number of epoxide rings is 1. The number of hydrogen-bond donors (Lipinski definition) is 2. The largest absolute Gasteiger partial charge is 0.384 e. The number of rotatable bonds is 2. The number of nitrogens with one attached hydrogen (secondary N) is 1. The molecule has 3 heterocycles. The number of allylic oxidation sites excluding steroid dienone is 3. The molecule has 0 spiro atoms. The maximum Gasteiger partial charge on any atom is 0.227 e. The van der Waals surface area contributed by atoms with Crippen LogP contribution >= 0.6 is 11.8 Å². The van der Waals surface area contributed by atoms with E-state index < -0.39 is 35.4 Å². The summed E-state index contributed by atoms with van der Waals surface area (Å²) in [5.74, 6) is -1.57. The standard InChI is InChI=1S/C29H37NO5S/c1-17-9-8-12-29(7)24(35-29)14-22(18(2)13-21-11-10-19(3)36-16-21)30-25(32)15-23(31)28(5,6)27(34)20(4)26(17)33/h11,13,16,22,24,26,33H,1,4,8-9,12,14-15H2,2-3,5-7H3,(H,30,32)/b18-13+/t22-,24-,26-,29+/m0/s1. The first-order valence-corrected chi connectivity index (χ1v) is 13.2. The Kier molecular flexibility index (Phi) is 8.51. The van der Waals surface area contributed by atoms with Crippen molar-refractivity contribution in [2.75, 3.05) is 0 Å². The van der Waals surface area contributed by atoms with Gasteiger partial charge in [-0.1, -0.05) is 36.6 Å². The topological polar surface area (TPSA) is 96.0 Å². The molecule has 7 heteroatoms. The number of Topliss-reactive ketones (excluding diaryl/α,β-unsaturated/α-hetero) is 2. The number of ketones is 2. The number of hydrogen-bond acceptors (Lipinski definition) is 6. The molecular formula is C29H37NO5S.